The molecule has 1 aromatic heterocycles. The summed E-state index contributed by atoms with van der Waals surface area (Å²) >= 11 is 2.78. The average Bonchev–Trinajstić information content (AvgIpc) is 3.11. The highest BCUT2D eigenvalue weighted by Gasteiger charge is 2.36. The summed E-state index contributed by atoms with van der Waals surface area (Å²) in [5, 5.41) is 12.1. The van der Waals surface area contributed by atoms with Crippen LogP contribution >= 0.6 is 23.1 Å². The van der Waals surface area contributed by atoms with Crippen LogP contribution in [0.25, 0.3) is 0 Å². The van der Waals surface area contributed by atoms with Crippen molar-refractivity contribution < 1.29 is 13.2 Å². The van der Waals surface area contributed by atoms with E-state index in [9.17, 15) is 13.2 Å². The lowest BCUT2D eigenvalue weighted by Crippen LogP contribution is -2.47. The van der Waals surface area contributed by atoms with E-state index >= 15 is 0 Å². The predicted octanol–water partition coefficient (Wildman–Crippen LogP) is 2.26. The van der Waals surface area contributed by atoms with Crippen molar-refractivity contribution in [3.63, 3.8) is 0 Å². The molecule has 1 aromatic rings. The molecule has 142 valence electrons. The highest BCUT2D eigenvalue weighted by molar-refractivity contribution is 8.01. The Bertz CT molecular complexity index is 690. The van der Waals surface area contributed by atoms with Crippen LogP contribution in [0.15, 0.2) is 4.34 Å². The lowest BCUT2D eigenvalue weighted by atomic mass is 10.1. The van der Waals surface area contributed by atoms with E-state index in [2.05, 4.69) is 15.5 Å². The first-order valence-corrected chi connectivity index (χ1v) is 12.1. The van der Waals surface area contributed by atoms with Crippen LogP contribution in [0.3, 0.4) is 0 Å². The average molecular weight is 407 g/mol. The SMILES string of the molecule is CC[C@@H](C)N(C(=O)CSc1nnc(NC(C)C)s1)[C@@H]1CCS(=O)(=O)C1. The van der Waals surface area contributed by atoms with Gasteiger partial charge in [0, 0.05) is 18.1 Å². The summed E-state index contributed by atoms with van der Waals surface area (Å²) in [6.07, 6.45) is 1.33. The monoisotopic (exact) mass is 406 g/mol. The molecule has 0 bridgehead atoms. The minimum absolute atomic E-state index is 0.0268. The molecule has 0 spiro atoms. The molecule has 2 rings (SSSR count). The number of sulfone groups is 1. The van der Waals surface area contributed by atoms with Crippen LogP contribution < -0.4 is 5.32 Å². The van der Waals surface area contributed by atoms with E-state index in [0.29, 0.717) is 6.42 Å². The van der Waals surface area contributed by atoms with E-state index in [-0.39, 0.29) is 41.3 Å². The molecule has 25 heavy (non-hydrogen) atoms. The van der Waals surface area contributed by atoms with Crippen LogP contribution in [-0.4, -0.2) is 64.8 Å². The number of carbonyl (C=O) groups is 1. The fraction of sp³-hybridized carbons (Fsp3) is 0.800. The standard InChI is InChI=1S/C15H26N4O3S3/c1-5-11(4)19(12-6-7-25(21,22)9-12)13(20)8-23-15-18-17-14(24-15)16-10(2)3/h10-12H,5-9H2,1-4H3,(H,16,17)/t11-,12-/m1/s1. The largest absolute Gasteiger partial charge is 0.358 e. The van der Waals surface area contributed by atoms with Gasteiger partial charge in [-0.2, -0.15) is 0 Å². The van der Waals surface area contributed by atoms with E-state index < -0.39 is 9.84 Å². The predicted molar refractivity (Wildman–Crippen MR) is 103 cm³/mol. The van der Waals surface area contributed by atoms with Crippen molar-refractivity contribution in [3.8, 4) is 0 Å². The van der Waals surface area contributed by atoms with Crippen LogP contribution in [0, 0.1) is 0 Å². The number of anilines is 1. The third-order valence-corrected chi connectivity index (χ3v) is 7.82. The second-order valence-electron chi connectivity index (χ2n) is 6.58. The Morgan fingerprint density at radius 2 is 2.12 bits per heavy atom. The Hall–Kier alpha value is -0.870. The van der Waals surface area contributed by atoms with Gasteiger partial charge in [-0.25, -0.2) is 8.42 Å². The molecule has 1 amide bonds. The Morgan fingerprint density at radius 3 is 2.68 bits per heavy atom. The van der Waals surface area contributed by atoms with Crippen LogP contribution in [0.4, 0.5) is 5.13 Å². The lowest BCUT2D eigenvalue weighted by molar-refractivity contribution is -0.132. The number of hydrogen-bond donors (Lipinski definition) is 1. The molecule has 1 saturated heterocycles. The van der Waals surface area contributed by atoms with Crippen molar-refractivity contribution in [1.29, 1.82) is 0 Å². The van der Waals surface area contributed by atoms with Crippen molar-refractivity contribution in [1.82, 2.24) is 15.1 Å². The number of nitrogens with zero attached hydrogens (tertiary/aromatic N) is 3. The maximum atomic E-state index is 12.8. The van der Waals surface area contributed by atoms with Crippen molar-refractivity contribution in [2.75, 3.05) is 22.6 Å². The summed E-state index contributed by atoms with van der Waals surface area (Å²) in [5.74, 6) is 0.465. The number of nitrogens with one attached hydrogen (secondary N) is 1. The number of thioether (sulfide) groups is 1. The van der Waals surface area contributed by atoms with E-state index in [1.54, 1.807) is 4.90 Å². The first-order chi connectivity index (χ1) is 11.7. The molecule has 1 fully saturated rings. The molecular weight excluding hydrogens is 380 g/mol. The van der Waals surface area contributed by atoms with Gasteiger partial charge >= 0.3 is 0 Å². The highest BCUT2D eigenvalue weighted by atomic mass is 32.2. The van der Waals surface area contributed by atoms with Gasteiger partial charge in [0.2, 0.25) is 11.0 Å². The normalized spacial score (nSPS) is 20.6. The Labute approximate surface area is 157 Å². The summed E-state index contributed by atoms with van der Waals surface area (Å²) in [6.45, 7) is 8.04. The van der Waals surface area contributed by atoms with Crippen molar-refractivity contribution in [2.24, 2.45) is 0 Å². The Balaban J connectivity index is 1.99. The minimum Gasteiger partial charge on any atom is -0.358 e. The highest BCUT2D eigenvalue weighted by Crippen LogP contribution is 2.28. The molecule has 0 radical (unpaired) electrons. The summed E-state index contributed by atoms with van der Waals surface area (Å²) in [5.41, 5.74) is 0. The molecule has 2 heterocycles. The zero-order valence-corrected chi connectivity index (χ0v) is 17.5. The quantitative estimate of drug-likeness (QED) is 0.662. The van der Waals surface area contributed by atoms with Gasteiger partial charge in [0.25, 0.3) is 0 Å². The lowest BCUT2D eigenvalue weighted by Gasteiger charge is -2.33. The smallest absolute Gasteiger partial charge is 0.233 e. The molecule has 10 heteroatoms. The van der Waals surface area contributed by atoms with Gasteiger partial charge in [0.15, 0.2) is 14.2 Å². The third-order valence-electron chi connectivity index (χ3n) is 4.09. The van der Waals surface area contributed by atoms with E-state index in [1.807, 2.05) is 27.7 Å². The van der Waals surface area contributed by atoms with Gasteiger partial charge in [-0.3, -0.25) is 4.79 Å². The number of amides is 1. The second kappa shape index (κ2) is 8.68. The Morgan fingerprint density at radius 1 is 1.40 bits per heavy atom. The third kappa shape index (κ3) is 5.82. The molecule has 7 nitrogen and oxygen atoms in total. The summed E-state index contributed by atoms with van der Waals surface area (Å²) < 4.78 is 24.3. The molecule has 0 unspecified atom stereocenters. The van der Waals surface area contributed by atoms with Gasteiger partial charge in [-0.1, -0.05) is 30.0 Å². The number of aromatic nitrogens is 2. The fourth-order valence-electron chi connectivity index (χ4n) is 2.77. The fourth-order valence-corrected chi connectivity index (χ4v) is 6.25. The van der Waals surface area contributed by atoms with Crippen molar-refractivity contribution in [3.05, 3.63) is 0 Å². The summed E-state index contributed by atoms with van der Waals surface area (Å²) in [7, 11) is -3.02. The topological polar surface area (TPSA) is 92.3 Å². The van der Waals surface area contributed by atoms with Gasteiger partial charge in [-0.05, 0) is 33.6 Å². The van der Waals surface area contributed by atoms with Gasteiger partial charge in [0.1, 0.15) is 0 Å². The molecule has 0 aliphatic carbocycles. The van der Waals surface area contributed by atoms with E-state index in [1.165, 1.54) is 23.1 Å². The van der Waals surface area contributed by atoms with E-state index in [4.69, 9.17) is 0 Å². The molecule has 1 aliphatic heterocycles. The maximum Gasteiger partial charge on any atom is 0.233 e. The maximum absolute atomic E-state index is 12.8. The summed E-state index contributed by atoms with van der Waals surface area (Å²) in [4.78, 5) is 14.5. The van der Waals surface area contributed by atoms with Gasteiger partial charge in [-0.15, -0.1) is 10.2 Å². The number of carbonyl (C=O) groups excluding carboxylic acids is 1. The first kappa shape index (κ1) is 20.4. The zero-order valence-electron chi connectivity index (χ0n) is 15.1. The van der Waals surface area contributed by atoms with Crippen molar-refractivity contribution >= 4 is 44.0 Å². The molecule has 1 N–H and O–H groups in total. The Kier molecular flexibility index (Phi) is 7.10. The minimum atomic E-state index is -3.02. The van der Waals surface area contributed by atoms with E-state index in [0.717, 1.165) is 15.9 Å². The molecule has 1 aliphatic rings. The first-order valence-electron chi connectivity index (χ1n) is 8.46. The molecular formula is C15H26N4O3S3. The zero-order chi connectivity index (χ0) is 18.6. The molecule has 0 saturated carbocycles. The van der Waals surface area contributed by atoms with Crippen molar-refractivity contribution in [2.45, 2.75) is 63.0 Å². The number of hydrogen-bond acceptors (Lipinski definition) is 8. The summed E-state index contributed by atoms with van der Waals surface area (Å²) in [6, 6.07) is 0.0947. The van der Waals surface area contributed by atoms with Crippen LogP contribution in [0.2, 0.25) is 0 Å². The van der Waals surface area contributed by atoms with Crippen LogP contribution in [-0.2, 0) is 14.6 Å². The van der Waals surface area contributed by atoms with Crippen LogP contribution in [0.1, 0.15) is 40.5 Å². The molecule has 0 aromatic carbocycles. The second-order valence-corrected chi connectivity index (χ2v) is 11.0. The van der Waals surface area contributed by atoms with Crippen LogP contribution in [0.5, 0.6) is 0 Å². The van der Waals surface area contributed by atoms with Gasteiger partial charge in [0.05, 0.1) is 17.3 Å². The van der Waals surface area contributed by atoms with Gasteiger partial charge < -0.3 is 10.2 Å². The molecule has 2 atom stereocenters. The number of rotatable bonds is 8.